The van der Waals surface area contributed by atoms with Crippen molar-refractivity contribution in [3.63, 3.8) is 0 Å². The third kappa shape index (κ3) is 4.48. The van der Waals surface area contributed by atoms with Gasteiger partial charge in [0.25, 0.3) is 5.91 Å². The molecule has 4 atom stereocenters. The summed E-state index contributed by atoms with van der Waals surface area (Å²) in [5, 5.41) is 10.0. The van der Waals surface area contributed by atoms with Crippen molar-refractivity contribution in [2.24, 2.45) is 0 Å². The lowest BCUT2D eigenvalue weighted by atomic mass is 10.1. The Bertz CT molecular complexity index is 406. The van der Waals surface area contributed by atoms with Crippen LogP contribution in [-0.4, -0.2) is 84.6 Å². The molecule has 2 saturated heterocycles. The van der Waals surface area contributed by atoms with Gasteiger partial charge in [-0.1, -0.05) is 0 Å². The van der Waals surface area contributed by atoms with Crippen LogP contribution in [-0.2, 0) is 14.3 Å². The number of aliphatic hydroxyl groups excluding tert-OH is 1. The van der Waals surface area contributed by atoms with Gasteiger partial charge in [0, 0.05) is 38.8 Å². The Kier molecular flexibility index (Phi) is 6.49. The molecule has 0 radical (unpaired) electrons. The van der Waals surface area contributed by atoms with E-state index in [-0.39, 0.29) is 18.1 Å². The molecule has 138 valence electrons. The van der Waals surface area contributed by atoms with Crippen LogP contribution in [0, 0.1) is 0 Å². The molecule has 1 aliphatic carbocycles. The van der Waals surface area contributed by atoms with E-state index in [1.807, 2.05) is 11.8 Å². The molecule has 1 N–H and O–H groups in total. The Balaban J connectivity index is 1.39. The number of rotatable bonds is 5. The van der Waals surface area contributed by atoms with E-state index in [1.54, 1.807) is 0 Å². The summed E-state index contributed by atoms with van der Waals surface area (Å²) in [5.74, 6) is 0.0810. The lowest BCUT2D eigenvalue weighted by Crippen LogP contribution is -2.55. The molecule has 3 fully saturated rings. The van der Waals surface area contributed by atoms with E-state index < -0.39 is 6.10 Å². The van der Waals surface area contributed by atoms with Gasteiger partial charge >= 0.3 is 0 Å². The number of piperazine rings is 1. The highest BCUT2D eigenvalue weighted by atomic mass is 16.5. The van der Waals surface area contributed by atoms with Crippen LogP contribution >= 0.6 is 0 Å². The van der Waals surface area contributed by atoms with Gasteiger partial charge in [-0.25, -0.2) is 0 Å². The van der Waals surface area contributed by atoms with Crippen molar-refractivity contribution in [1.82, 2.24) is 9.80 Å². The Labute approximate surface area is 145 Å². The first kappa shape index (κ1) is 18.1. The lowest BCUT2D eigenvalue weighted by molar-refractivity contribution is -0.148. The van der Waals surface area contributed by atoms with Gasteiger partial charge in [-0.3, -0.25) is 9.69 Å². The minimum atomic E-state index is -0.404. The molecule has 2 heterocycles. The number of carbonyl (C=O) groups excluding carboxylic acids is 1. The molecule has 3 aliphatic rings. The summed E-state index contributed by atoms with van der Waals surface area (Å²) >= 11 is 0. The van der Waals surface area contributed by atoms with E-state index in [0.29, 0.717) is 12.6 Å². The molecule has 1 saturated carbocycles. The molecule has 3 rings (SSSR count). The molecular formula is C18H32N2O4. The maximum Gasteiger partial charge on any atom is 0.251 e. The fourth-order valence-corrected chi connectivity index (χ4v) is 4.14. The standard InChI is InChI=1S/C18H32N2O4/c1-14(24-13-15-5-2-3-12-23-15)18(22)20-10-8-19(9-11-20)16-6-4-7-17(16)21/h14-17,21H,2-13H2,1H3/t14-,15-,16+,17+/m0/s1. The third-order valence-corrected chi connectivity index (χ3v) is 5.69. The molecule has 1 amide bonds. The Morgan fingerprint density at radius 3 is 2.58 bits per heavy atom. The first-order valence-electron chi connectivity index (χ1n) is 9.59. The van der Waals surface area contributed by atoms with Crippen molar-refractivity contribution in [1.29, 1.82) is 0 Å². The Morgan fingerprint density at radius 1 is 1.17 bits per heavy atom. The zero-order chi connectivity index (χ0) is 16.9. The summed E-state index contributed by atoms with van der Waals surface area (Å²) in [5.41, 5.74) is 0. The molecular weight excluding hydrogens is 308 g/mol. The molecule has 0 aromatic heterocycles. The number of aliphatic hydroxyl groups is 1. The van der Waals surface area contributed by atoms with Crippen LogP contribution in [0.25, 0.3) is 0 Å². The van der Waals surface area contributed by atoms with Gasteiger partial charge in [0.2, 0.25) is 0 Å². The quantitative estimate of drug-likeness (QED) is 0.810. The van der Waals surface area contributed by atoms with E-state index in [4.69, 9.17) is 9.47 Å². The second kappa shape index (κ2) is 8.61. The molecule has 0 unspecified atom stereocenters. The van der Waals surface area contributed by atoms with E-state index >= 15 is 0 Å². The second-order valence-corrected chi connectivity index (χ2v) is 7.39. The largest absolute Gasteiger partial charge is 0.391 e. The molecule has 0 aromatic carbocycles. The number of hydrogen-bond donors (Lipinski definition) is 1. The summed E-state index contributed by atoms with van der Waals surface area (Å²) in [6, 6.07) is 0.291. The predicted molar refractivity (Wildman–Crippen MR) is 90.8 cm³/mol. The SMILES string of the molecule is C[C@H](OC[C@@H]1CCCCO1)C(=O)N1CCN([C@@H]2CCC[C@H]2O)CC1. The Hall–Kier alpha value is -0.690. The summed E-state index contributed by atoms with van der Waals surface area (Å²) in [6.45, 7) is 6.34. The van der Waals surface area contributed by atoms with E-state index in [9.17, 15) is 9.90 Å². The van der Waals surface area contributed by atoms with Gasteiger partial charge in [-0.15, -0.1) is 0 Å². The van der Waals surface area contributed by atoms with Crippen molar-refractivity contribution in [2.75, 3.05) is 39.4 Å². The molecule has 0 aromatic rings. The van der Waals surface area contributed by atoms with Crippen LogP contribution in [0.1, 0.15) is 45.4 Å². The highest BCUT2D eigenvalue weighted by Crippen LogP contribution is 2.25. The smallest absolute Gasteiger partial charge is 0.251 e. The highest BCUT2D eigenvalue weighted by Gasteiger charge is 2.34. The van der Waals surface area contributed by atoms with Crippen molar-refractivity contribution < 1.29 is 19.4 Å². The van der Waals surface area contributed by atoms with Crippen LogP contribution in [0.5, 0.6) is 0 Å². The van der Waals surface area contributed by atoms with Gasteiger partial charge in [-0.2, -0.15) is 0 Å². The van der Waals surface area contributed by atoms with Gasteiger partial charge < -0.3 is 19.5 Å². The van der Waals surface area contributed by atoms with Crippen LogP contribution in [0.15, 0.2) is 0 Å². The number of carbonyl (C=O) groups is 1. The first-order valence-corrected chi connectivity index (χ1v) is 9.59. The second-order valence-electron chi connectivity index (χ2n) is 7.39. The maximum atomic E-state index is 12.6. The molecule has 0 bridgehead atoms. The Morgan fingerprint density at radius 2 is 1.96 bits per heavy atom. The van der Waals surface area contributed by atoms with Crippen LogP contribution in [0.4, 0.5) is 0 Å². The third-order valence-electron chi connectivity index (χ3n) is 5.69. The van der Waals surface area contributed by atoms with Gasteiger partial charge in [-0.05, 0) is 45.4 Å². The van der Waals surface area contributed by atoms with Crippen LogP contribution in [0.3, 0.4) is 0 Å². The zero-order valence-electron chi connectivity index (χ0n) is 14.9. The fourth-order valence-electron chi connectivity index (χ4n) is 4.14. The molecule has 6 heteroatoms. The predicted octanol–water partition coefficient (Wildman–Crippen LogP) is 1.02. The van der Waals surface area contributed by atoms with E-state index in [1.165, 1.54) is 6.42 Å². The van der Waals surface area contributed by atoms with Gasteiger partial charge in [0.1, 0.15) is 6.10 Å². The minimum Gasteiger partial charge on any atom is -0.391 e. The lowest BCUT2D eigenvalue weighted by Gasteiger charge is -2.39. The van der Waals surface area contributed by atoms with Crippen molar-refractivity contribution in [3.8, 4) is 0 Å². The molecule has 24 heavy (non-hydrogen) atoms. The monoisotopic (exact) mass is 340 g/mol. The van der Waals surface area contributed by atoms with Crippen LogP contribution in [0.2, 0.25) is 0 Å². The van der Waals surface area contributed by atoms with E-state index in [2.05, 4.69) is 4.90 Å². The highest BCUT2D eigenvalue weighted by molar-refractivity contribution is 5.80. The number of hydrogen-bond acceptors (Lipinski definition) is 5. The molecule has 6 nitrogen and oxygen atoms in total. The van der Waals surface area contributed by atoms with E-state index in [0.717, 1.165) is 64.9 Å². The van der Waals surface area contributed by atoms with Crippen molar-refractivity contribution >= 4 is 5.91 Å². The summed E-state index contributed by atoms with van der Waals surface area (Å²) in [7, 11) is 0. The van der Waals surface area contributed by atoms with Crippen molar-refractivity contribution in [3.05, 3.63) is 0 Å². The zero-order valence-corrected chi connectivity index (χ0v) is 14.9. The summed E-state index contributed by atoms with van der Waals surface area (Å²) < 4.78 is 11.4. The topological polar surface area (TPSA) is 62.2 Å². The average Bonchev–Trinajstić information content (AvgIpc) is 3.06. The molecule has 2 aliphatic heterocycles. The maximum absolute atomic E-state index is 12.6. The van der Waals surface area contributed by atoms with Crippen molar-refractivity contribution in [2.45, 2.75) is 69.8 Å². The number of ether oxygens (including phenoxy) is 2. The average molecular weight is 340 g/mol. The first-order chi connectivity index (χ1) is 11.6. The summed E-state index contributed by atoms with van der Waals surface area (Å²) in [4.78, 5) is 16.8. The number of amides is 1. The normalized spacial score (nSPS) is 33.6. The number of nitrogens with zero attached hydrogens (tertiary/aromatic N) is 2. The fraction of sp³-hybridized carbons (Fsp3) is 0.944. The summed E-state index contributed by atoms with van der Waals surface area (Å²) in [6.07, 6.45) is 6.01. The van der Waals surface area contributed by atoms with Crippen LogP contribution < -0.4 is 0 Å². The minimum absolute atomic E-state index is 0.0810. The van der Waals surface area contributed by atoms with Gasteiger partial charge in [0.05, 0.1) is 18.8 Å². The molecule has 0 spiro atoms. The van der Waals surface area contributed by atoms with Gasteiger partial charge in [0.15, 0.2) is 0 Å².